The summed E-state index contributed by atoms with van der Waals surface area (Å²) in [4.78, 5) is 14.5. The number of carboxylic acid groups (broad SMARTS) is 1. The van der Waals surface area contributed by atoms with Crippen LogP contribution in [0.5, 0.6) is 0 Å². The third kappa shape index (κ3) is 1.91. The Balaban J connectivity index is 2.48. The van der Waals surface area contributed by atoms with Gasteiger partial charge in [0, 0.05) is 18.0 Å². The topological polar surface area (TPSA) is 50.2 Å². The first kappa shape index (κ1) is 10.3. The molecule has 1 heterocycles. The summed E-state index contributed by atoms with van der Waals surface area (Å²) in [6.45, 7) is 0. The maximum absolute atomic E-state index is 13.6. The number of hydrogen-bond donors (Lipinski definition) is 1. The number of hydrogen-bond acceptors (Lipinski definition) is 2. The van der Waals surface area contributed by atoms with E-state index in [2.05, 4.69) is 4.98 Å². The minimum Gasteiger partial charge on any atom is -0.478 e. The van der Waals surface area contributed by atoms with Crippen molar-refractivity contribution in [3.8, 4) is 11.1 Å². The highest BCUT2D eigenvalue weighted by Crippen LogP contribution is 2.22. The molecule has 1 aromatic carbocycles. The molecule has 0 saturated carbocycles. The predicted molar refractivity (Wildman–Crippen MR) is 56.6 cm³/mol. The molecule has 0 bridgehead atoms. The fourth-order valence-electron chi connectivity index (χ4n) is 1.41. The molecule has 0 fully saturated rings. The highest BCUT2D eigenvalue weighted by molar-refractivity contribution is 5.88. The number of carbonyl (C=O) groups is 1. The highest BCUT2D eigenvalue weighted by Gasteiger charge is 2.09. The molecule has 4 heteroatoms. The second kappa shape index (κ2) is 4.10. The third-order valence-electron chi connectivity index (χ3n) is 2.21. The zero-order valence-electron chi connectivity index (χ0n) is 8.22. The quantitative estimate of drug-likeness (QED) is 0.841. The Hall–Kier alpha value is -2.23. The van der Waals surface area contributed by atoms with Gasteiger partial charge >= 0.3 is 5.97 Å². The Morgan fingerprint density at radius 1 is 1.19 bits per heavy atom. The van der Waals surface area contributed by atoms with Crippen LogP contribution in [0.3, 0.4) is 0 Å². The van der Waals surface area contributed by atoms with Crippen molar-refractivity contribution in [3.05, 3.63) is 54.1 Å². The number of nitrogens with zero attached hydrogens (tertiary/aromatic N) is 1. The second-order valence-electron chi connectivity index (χ2n) is 3.24. The largest absolute Gasteiger partial charge is 0.478 e. The van der Waals surface area contributed by atoms with Crippen molar-refractivity contribution in [2.24, 2.45) is 0 Å². The Morgan fingerprint density at radius 3 is 2.44 bits per heavy atom. The van der Waals surface area contributed by atoms with Crippen molar-refractivity contribution in [1.29, 1.82) is 0 Å². The Morgan fingerprint density at radius 2 is 1.88 bits per heavy atom. The van der Waals surface area contributed by atoms with Gasteiger partial charge in [-0.15, -0.1) is 0 Å². The molecule has 2 rings (SSSR count). The fraction of sp³-hybridized carbons (Fsp3) is 0. The van der Waals surface area contributed by atoms with E-state index in [4.69, 9.17) is 5.11 Å². The van der Waals surface area contributed by atoms with Gasteiger partial charge in [0.1, 0.15) is 5.82 Å². The first-order chi connectivity index (χ1) is 7.68. The summed E-state index contributed by atoms with van der Waals surface area (Å²) < 4.78 is 13.6. The molecule has 3 nitrogen and oxygen atoms in total. The average Bonchev–Trinajstić information content (AvgIpc) is 2.30. The van der Waals surface area contributed by atoms with Gasteiger partial charge in [-0.05, 0) is 29.8 Å². The summed E-state index contributed by atoms with van der Waals surface area (Å²) in [6.07, 6.45) is 3.11. The molecule has 0 amide bonds. The molecule has 0 aliphatic carbocycles. The molecule has 0 spiro atoms. The van der Waals surface area contributed by atoms with Crippen LogP contribution < -0.4 is 0 Å². The van der Waals surface area contributed by atoms with Crippen LogP contribution in [0.25, 0.3) is 11.1 Å². The normalized spacial score (nSPS) is 10.1. The van der Waals surface area contributed by atoms with E-state index in [1.165, 1.54) is 12.1 Å². The highest BCUT2D eigenvalue weighted by atomic mass is 19.1. The van der Waals surface area contributed by atoms with E-state index >= 15 is 0 Å². The van der Waals surface area contributed by atoms with Crippen LogP contribution in [-0.4, -0.2) is 16.1 Å². The van der Waals surface area contributed by atoms with Gasteiger partial charge in [0.2, 0.25) is 0 Å². The molecule has 0 radical (unpaired) electrons. The minimum absolute atomic E-state index is 0.0599. The van der Waals surface area contributed by atoms with E-state index < -0.39 is 11.8 Å². The lowest BCUT2D eigenvalue weighted by atomic mass is 10.0. The van der Waals surface area contributed by atoms with Gasteiger partial charge in [0.05, 0.1) is 5.56 Å². The first-order valence-electron chi connectivity index (χ1n) is 4.62. The van der Waals surface area contributed by atoms with E-state index in [1.54, 1.807) is 24.5 Å². The molecular weight excluding hydrogens is 209 g/mol. The number of aromatic nitrogens is 1. The molecular formula is C12H8FNO2. The van der Waals surface area contributed by atoms with E-state index in [-0.39, 0.29) is 5.56 Å². The van der Waals surface area contributed by atoms with Crippen molar-refractivity contribution in [2.45, 2.75) is 0 Å². The Labute approximate surface area is 91.2 Å². The fourth-order valence-corrected chi connectivity index (χ4v) is 1.41. The zero-order valence-corrected chi connectivity index (χ0v) is 8.22. The summed E-state index contributed by atoms with van der Waals surface area (Å²) in [5.74, 6) is -1.69. The van der Waals surface area contributed by atoms with Crippen LogP contribution in [0, 0.1) is 5.82 Å². The van der Waals surface area contributed by atoms with Gasteiger partial charge in [-0.2, -0.15) is 0 Å². The van der Waals surface area contributed by atoms with E-state index in [0.717, 1.165) is 6.07 Å². The van der Waals surface area contributed by atoms with Crippen molar-refractivity contribution in [1.82, 2.24) is 4.98 Å². The van der Waals surface area contributed by atoms with Gasteiger partial charge in [0.25, 0.3) is 0 Å². The van der Waals surface area contributed by atoms with Crippen LogP contribution in [-0.2, 0) is 0 Å². The molecule has 1 N–H and O–H groups in total. The Kier molecular flexibility index (Phi) is 2.64. The summed E-state index contributed by atoms with van der Waals surface area (Å²) in [6, 6.07) is 7.17. The summed E-state index contributed by atoms with van der Waals surface area (Å²) in [5.41, 5.74) is 0.979. The molecule has 0 aliphatic rings. The lowest BCUT2D eigenvalue weighted by Gasteiger charge is -2.03. The average molecular weight is 217 g/mol. The zero-order chi connectivity index (χ0) is 11.5. The number of pyridine rings is 1. The van der Waals surface area contributed by atoms with Crippen LogP contribution in [0.2, 0.25) is 0 Å². The standard InChI is InChI=1S/C12H8FNO2/c13-11-7-9(12(15)16)1-2-10(11)8-3-5-14-6-4-8/h1-7H,(H,15,16). The van der Waals surface area contributed by atoms with Crippen molar-refractivity contribution >= 4 is 5.97 Å². The number of rotatable bonds is 2. The molecule has 16 heavy (non-hydrogen) atoms. The van der Waals surface area contributed by atoms with Gasteiger partial charge in [-0.1, -0.05) is 6.07 Å². The summed E-state index contributed by atoms with van der Waals surface area (Å²) >= 11 is 0. The van der Waals surface area contributed by atoms with E-state index in [9.17, 15) is 9.18 Å². The van der Waals surface area contributed by atoms with Crippen LogP contribution >= 0.6 is 0 Å². The first-order valence-corrected chi connectivity index (χ1v) is 4.62. The maximum atomic E-state index is 13.6. The van der Waals surface area contributed by atoms with Crippen LogP contribution in [0.1, 0.15) is 10.4 Å². The van der Waals surface area contributed by atoms with E-state index in [1.807, 2.05) is 0 Å². The number of carboxylic acids is 1. The number of benzene rings is 1. The van der Waals surface area contributed by atoms with Gasteiger partial charge in [0.15, 0.2) is 0 Å². The molecule has 0 aliphatic heterocycles. The predicted octanol–water partition coefficient (Wildman–Crippen LogP) is 2.59. The van der Waals surface area contributed by atoms with Gasteiger partial charge < -0.3 is 5.11 Å². The molecule has 80 valence electrons. The second-order valence-corrected chi connectivity index (χ2v) is 3.24. The van der Waals surface area contributed by atoms with Crippen LogP contribution in [0.4, 0.5) is 4.39 Å². The minimum atomic E-state index is -1.14. The van der Waals surface area contributed by atoms with Crippen LogP contribution in [0.15, 0.2) is 42.7 Å². The monoisotopic (exact) mass is 217 g/mol. The van der Waals surface area contributed by atoms with Crippen molar-refractivity contribution in [3.63, 3.8) is 0 Å². The number of aromatic carboxylic acids is 1. The Bertz CT molecular complexity index is 526. The molecule has 2 aromatic rings. The smallest absolute Gasteiger partial charge is 0.335 e. The molecule has 0 saturated heterocycles. The molecule has 0 unspecified atom stereocenters. The summed E-state index contributed by atoms with van der Waals surface area (Å²) in [5, 5.41) is 8.69. The third-order valence-corrected chi connectivity index (χ3v) is 2.21. The van der Waals surface area contributed by atoms with Crippen molar-refractivity contribution in [2.75, 3.05) is 0 Å². The molecule has 0 atom stereocenters. The van der Waals surface area contributed by atoms with Crippen molar-refractivity contribution < 1.29 is 14.3 Å². The number of halogens is 1. The maximum Gasteiger partial charge on any atom is 0.335 e. The van der Waals surface area contributed by atoms with Gasteiger partial charge in [-0.25, -0.2) is 9.18 Å². The lowest BCUT2D eigenvalue weighted by molar-refractivity contribution is 0.0696. The summed E-state index contributed by atoms with van der Waals surface area (Å²) in [7, 11) is 0. The van der Waals surface area contributed by atoms with Gasteiger partial charge in [-0.3, -0.25) is 4.98 Å². The van der Waals surface area contributed by atoms with E-state index in [0.29, 0.717) is 11.1 Å². The lowest BCUT2D eigenvalue weighted by Crippen LogP contribution is -1.97. The molecule has 1 aromatic heterocycles. The SMILES string of the molecule is O=C(O)c1ccc(-c2ccncc2)c(F)c1.